The topological polar surface area (TPSA) is 18.5 Å². The molecule has 0 aromatic heterocycles. The van der Waals surface area contributed by atoms with E-state index in [-0.39, 0.29) is 0 Å². The quantitative estimate of drug-likeness (QED) is 0.552. The highest BCUT2D eigenvalue weighted by Gasteiger charge is 2.54. The van der Waals surface area contributed by atoms with Gasteiger partial charge in [-0.25, -0.2) is 0 Å². The van der Waals surface area contributed by atoms with Gasteiger partial charge in [0.2, 0.25) is 0 Å². The highest BCUT2D eigenvalue weighted by Crippen LogP contribution is 2.57. The van der Waals surface area contributed by atoms with Crippen molar-refractivity contribution < 1.29 is 8.85 Å². The summed E-state index contributed by atoms with van der Waals surface area (Å²) >= 11 is 3.67. The van der Waals surface area contributed by atoms with Gasteiger partial charge in [-0.05, 0) is 27.2 Å². The first-order valence-corrected chi connectivity index (χ1v) is 6.94. The second-order valence-corrected chi connectivity index (χ2v) is 7.39. The summed E-state index contributed by atoms with van der Waals surface area (Å²) in [5.74, 6) is 0. The predicted molar refractivity (Wildman–Crippen MR) is 56.1 cm³/mol. The zero-order chi connectivity index (χ0) is 9.19. The third-order valence-corrected chi connectivity index (χ3v) is 6.57. The van der Waals surface area contributed by atoms with Crippen LogP contribution in [0.5, 0.6) is 0 Å². The Labute approximate surface area is 84.6 Å². The first-order valence-electron chi connectivity index (χ1n) is 4.54. The number of hydrogen-bond donors (Lipinski definition) is 0. The minimum Gasteiger partial charge on any atom is -0.397 e. The van der Waals surface area contributed by atoms with E-state index in [2.05, 4.69) is 22.9 Å². The number of rotatable bonds is 5. The van der Waals surface area contributed by atoms with E-state index in [1.807, 2.05) is 13.8 Å². The van der Waals surface area contributed by atoms with E-state index in [0.29, 0.717) is 9.87 Å². The van der Waals surface area contributed by atoms with Crippen molar-refractivity contribution in [2.24, 2.45) is 0 Å². The molecule has 0 bridgehead atoms. The van der Waals surface area contributed by atoms with Crippen molar-refractivity contribution in [1.82, 2.24) is 0 Å². The van der Waals surface area contributed by atoms with Crippen LogP contribution in [0.2, 0.25) is 5.54 Å². The van der Waals surface area contributed by atoms with Crippen LogP contribution >= 0.6 is 15.9 Å². The van der Waals surface area contributed by atoms with Gasteiger partial charge in [0, 0.05) is 23.1 Å². The van der Waals surface area contributed by atoms with Gasteiger partial charge >= 0.3 is 9.28 Å². The summed E-state index contributed by atoms with van der Waals surface area (Å²) in [4.78, 5) is 0. The maximum absolute atomic E-state index is 5.63. The molecule has 2 nitrogen and oxygen atoms in total. The predicted octanol–water partition coefficient (Wildman–Crippen LogP) is 2.21. The van der Waals surface area contributed by atoms with Crippen LogP contribution in [0.1, 0.15) is 27.2 Å². The second kappa shape index (κ2) is 4.22. The molecule has 0 spiro atoms. The van der Waals surface area contributed by atoms with Gasteiger partial charge < -0.3 is 8.85 Å². The van der Waals surface area contributed by atoms with Crippen LogP contribution in [0.4, 0.5) is 0 Å². The molecule has 1 rings (SSSR count). The summed E-state index contributed by atoms with van der Waals surface area (Å²) < 4.78 is 11.6. The first-order chi connectivity index (χ1) is 5.61. The fourth-order valence-corrected chi connectivity index (χ4v) is 5.17. The summed E-state index contributed by atoms with van der Waals surface area (Å²) in [6, 6.07) is 0. The normalized spacial score (nSPS) is 34.2. The summed E-state index contributed by atoms with van der Waals surface area (Å²) in [5, 5.41) is 0. The first kappa shape index (κ1) is 10.7. The molecule has 1 aliphatic rings. The Morgan fingerprint density at radius 1 is 1.42 bits per heavy atom. The fraction of sp³-hybridized carbons (Fsp3) is 1.00. The van der Waals surface area contributed by atoms with Crippen molar-refractivity contribution in [3.8, 4) is 0 Å². The van der Waals surface area contributed by atoms with Gasteiger partial charge in [0.15, 0.2) is 0 Å². The lowest BCUT2D eigenvalue weighted by Gasteiger charge is -2.15. The van der Waals surface area contributed by atoms with Crippen molar-refractivity contribution in [1.29, 1.82) is 0 Å². The van der Waals surface area contributed by atoms with Crippen molar-refractivity contribution >= 4 is 25.2 Å². The molecule has 1 aliphatic carbocycles. The minimum absolute atomic E-state index is 0.314. The van der Waals surface area contributed by atoms with E-state index in [9.17, 15) is 0 Å². The maximum atomic E-state index is 5.63. The van der Waals surface area contributed by atoms with Gasteiger partial charge in [0.05, 0.1) is 0 Å². The zero-order valence-electron chi connectivity index (χ0n) is 7.97. The molecular weight excluding hydrogens is 236 g/mol. The Morgan fingerprint density at radius 3 is 2.08 bits per heavy atom. The van der Waals surface area contributed by atoms with Gasteiger partial charge in [0.1, 0.15) is 0 Å². The third kappa shape index (κ3) is 2.55. The van der Waals surface area contributed by atoms with Gasteiger partial charge in [-0.2, -0.15) is 0 Å². The minimum atomic E-state index is -1.37. The zero-order valence-corrected chi connectivity index (χ0v) is 10.7. The molecule has 0 radical (unpaired) electrons. The van der Waals surface area contributed by atoms with Gasteiger partial charge in [-0.15, -0.1) is 0 Å². The van der Waals surface area contributed by atoms with E-state index in [0.717, 1.165) is 13.2 Å². The summed E-state index contributed by atoms with van der Waals surface area (Å²) in [6.45, 7) is 7.86. The molecule has 12 heavy (non-hydrogen) atoms. The number of halogens is 1. The molecule has 0 aliphatic heterocycles. The van der Waals surface area contributed by atoms with E-state index in [4.69, 9.17) is 8.85 Å². The lowest BCUT2D eigenvalue weighted by atomic mass is 10.5. The molecule has 0 amide bonds. The van der Waals surface area contributed by atoms with Crippen molar-refractivity contribution in [3.05, 3.63) is 0 Å². The SMILES string of the molecule is CCO[SiH](OCC)C1CC1(C)Br. The highest BCUT2D eigenvalue weighted by molar-refractivity contribution is 9.10. The van der Waals surface area contributed by atoms with Crippen LogP contribution in [-0.4, -0.2) is 26.8 Å². The molecule has 0 heterocycles. The van der Waals surface area contributed by atoms with Crippen molar-refractivity contribution in [2.75, 3.05) is 13.2 Å². The molecule has 2 unspecified atom stereocenters. The van der Waals surface area contributed by atoms with Gasteiger partial charge in [-0.3, -0.25) is 0 Å². The molecular formula is C8H17BrO2Si. The molecule has 1 saturated carbocycles. The van der Waals surface area contributed by atoms with Crippen LogP contribution in [-0.2, 0) is 8.85 Å². The summed E-state index contributed by atoms with van der Waals surface area (Å²) in [5.41, 5.74) is 0.664. The van der Waals surface area contributed by atoms with Gasteiger partial charge in [0.25, 0.3) is 0 Å². The van der Waals surface area contributed by atoms with Crippen LogP contribution in [0, 0.1) is 0 Å². The molecule has 0 aromatic rings. The van der Waals surface area contributed by atoms with Gasteiger partial charge in [-0.1, -0.05) is 15.9 Å². The molecule has 72 valence electrons. The van der Waals surface area contributed by atoms with E-state index >= 15 is 0 Å². The smallest absolute Gasteiger partial charge is 0.326 e. The second-order valence-electron chi connectivity index (χ2n) is 3.37. The van der Waals surface area contributed by atoms with E-state index in [1.165, 1.54) is 6.42 Å². The molecule has 0 aromatic carbocycles. The third-order valence-electron chi connectivity index (χ3n) is 2.22. The van der Waals surface area contributed by atoms with Crippen LogP contribution < -0.4 is 0 Å². The average molecular weight is 253 g/mol. The highest BCUT2D eigenvalue weighted by atomic mass is 79.9. The van der Waals surface area contributed by atoms with E-state index < -0.39 is 9.28 Å². The van der Waals surface area contributed by atoms with Crippen LogP contribution in [0.25, 0.3) is 0 Å². The summed E-state index contributed by atoms with van der Waals surface area (Å²) in [7, 11) is -1.37. The fourth-order valence-electron chi connectivity index (χ4n) is 1.36. The lowest BCUT2D eigenvalue weighted by molar-refractivity contribution is 0.211. The molecule has 1 fully saturated rings. The molecule has 0 saturated heterocycles. The number of hydrogen-bond acceptors (Lipinski definition) is 2. The number of alkyl halides is 1. The standard InChI is InChI=1S/C8H17BrO2Si/c1-4-10-12(11-5-2)7-6-8(7,3)9/h7,12H,4-6H2,1-3H3. The van der Waals surface area contributed by atoms with Crippen molar-refractivity contribution in [3.63, 3.8) is 0 Å². The largest absolute Gasteiger partial charge is 0.397 e. The average Bonchev–Trinajstić information content (AvgIpc) is 2.60. The molecule has 2 atom stereocenters. The Balaban J connectivity index is 2.34. The monoisotopic (exact) mass is 252 g/mol. The summed E-state index contributed by atoms with van der Waals surface area (Å²) in [6.07, 6.45) is 1.21. The molecule has 4 heteroatoms. The maximum Gasteiger partial charge on any atom is 0.326 e. The van der Waals surface area contributed by atoms with Crippen LogP contribution in [0.3, 0.4) is 0 Å². The van der Waals surface area contributed by atoms with Crippen LogP contribution in [0.15, 0.2) is 0 Å². The molecule has 0 N–H and O–H groups in total. The Hall–Kier alpha value is 0.617. The van der Waals surface area contributed by atoms with E-state index in [1.54, 1.807) is 0 Å². The lowest BCUT2D eigenvalue weighted by Crippen LogP contribution is -2.25. The Bertz CT molecular complexity index is 146. The Morgan fingerprint density at radius 2 is 1.83 bits per heavy atom. The Kier molecular flexibility index (Phi) is 3.76. The van der Waals surface area contributed by atoms with Crippen molar-refractivity contribution in [2.45, 2.75) is 37.1 Å².